The summed E-state index contributed by atoms with van der Waals surface area (Å²) >= 11 is 1.63. The highest BCUT2D eigenvalue weighted by atomic mass is 32.1. The number of likely N-dealkylation sites (N-methyl/N-ethyl adjacent to an activating group) is 1. The van der Waals surface area contributed by atoms with Gasteiger partial charge in [0, 0.05) is 18.5 Å². The van der Waals surface area contributed by atoms with E-state index in [0.29, 0.717) is 0 Å². The van der Waals surface area contributed by atoms with E-state index in [0.717, 1.165) is 46.4 Å². The highest BCUT2D eigenvalue weighted by Crippen LogP contribution is 2.26. The SMILES string of the molecule is CCc1nnc(C)cc1-c1nnc(CCNC)s1. The molecule has 0 atom stereocenters. The summed E-state index contributed by atoms with van der Waals surface area (Å²) < 4.78 is 0. The Balaban J connectivity index is 2.30. The van der Waals surface area contributed by atoms with Gasteiger partial charge >= 0.3 is 0 Å². The second-order valence-corrected chi connectivity index (χ2v) is 5.12. The number of aryl methyl sites for hydroxylation is 2. The molecule has 2 rings (SSSR count). The highest BCUT2D eigenvalue weighted by molar-refractivity contribution is 7.14. The first-order valence-corrected chi connectivity index (χ1v) is 6.86. The van der Waals surface area contributed by atoms with Crippen LogP contribution < -0.4 is 5.32 Å². The van der Waals surface area contributed by atoms with Crippen LogP contribution in [-0.4, -0.2) is 34.0 Å². The minimum atomic E-state index is 0.855. The quantitative estimate of drug-likeness (QED) is 0.888. The van der Waals surface area contributed by atoms with Crippen molar-refractivity contribution in [2.24, 2.45) is 0 Å². The Labute approximate surface area is 111 Å². The Hall–Kier alpha value is -1.40. The molecule has 0 aliphatic heterocycles. The zero-order chi connectivity index (χ0) is 13.0. The van der Waals surface area contributed by atoms with E-state index >= 15 is 0 Å². The van der Waals surface area contributed by atoms with Gasteiger partial charge in [0.1, 0.15) is 10.0 Å². The smallest absolute Gasteiger partial charge is 0.149 e. The van der Waals surface area contributed by atoms with Crippen LogP contribution in [0.25, 0.3) is 10.6 Å². The van der Waals surface area contributed by atoms with E-state index < -0.39 is 0 Å². The van der Waals surface area contributed by atoms with Gasteiger partial charge in [0.15, 0.2) is 0 Å². The van der Waals surface area contributed by atoms with E-state index in [2.05, 4.69) is 32.6 Å². The van der Waals surface area contributed by atoms with Gasteiger partial charge in [0.25, 0.3) is 0 Å². The first-order valence-electron chi connectivity index (χ1n) is 6.05. The van der Waals surface area contributed by atoms with Crippen molar-refractivity contribution in [2.75, 3.05) is 13.6 Å². The van der Waals surface area contributed by atoms with E-state index in [1.54, 1.807) is 11.3 Å². The average Bonchev–Trinajstić information content (AvgIpc) is 2.85. The second kappa shape index (κ2) is 5.97. The molecular weight excluding hydrogens is 246 g/mol. The molecule has 0 aliphatic carbocycles. The van der Waals surface area contributed by atoms with Gasteiger partial charge in [-0.3, -0.25) is 0 Å². The Morgan fingerprint density at radius 1 is 1.22 bits per heavy atom. The lowest BCUT2D eigenvalue weighted by atomic mass is 10.1. The maximum Gasteiger partial charge on any atom is 0.149 e. The Bertz CT molecular complexity index is 523. The maximum absolute atomic E-state index is 4.26. The molecule has 5 nitrogen and oxygen atoms in total. The molecule has 0 fully saturated rings. The van der Waals surface area contributed by atoms with Crippen molar-refractivity contribution in [3.8, 4) is 10.6 Å². The van der Waals surface area contributed by atoms with E-state index in [1.165, 1.54) is 0 Å². The molecule has 2 aromatic rings. The molecule has 0 saturated carbocycles. The predicted molar refractivity (Wildman–Crippen MR) is 72.7 cm³/mol. The standard InChI is InChI=1S/C12H17N5S/c1-4-10-9(7-8(2)14-15-10)12-17-16-11(18-12)5-6-13-3/h7,13H,4-6H2,1-3H3. The summed E-state index contributed by atoms with van der Waals surface area (Å²) in [5.74, 6) is 0. The van der Waals surface area contributed by atoms with E-state index in [4.69, 9.17) is 0 Å². The van der Waals surface area contributed by atoms with E-state index in [1.807, 2.05) is 20.0 Å². The first kappa shape index (κ1) is 13.0. The molecule has 0 amide bonds. The van der Waals surface area contributed by atoms with E-state index in [9.17, 15) is 0 Å². The van der Waals surface area contributed by atoms with Gasteiger partial charge in [-0.05, 0) is 26.5 Å². The zero-order valence-corrected chi connectivity index (χ0v) is 11.7. The molecule has 96 valence electrons. The predicted octanol–water partition coefficient (Wildman–Crippen LogP) is 1.63. The molecule has 0 aromatic carbocycles. The van der Waals surface area contributed by atoms with Crippen LogP contribution in [0, 0.1) is 6.92 Å². The molecule has 0 bridgehead atoms. The minimum Gasteiger partial charge on any atom is -0.319 e. The van der Waals surface area contributed by atoms with Crippen LogP contribution in [-0.2, 0) is 12.8 Å². The van der Waals surface area contributed by atoms with Crippen LogP contribution in [0.15, 0.2) is 6.07 Å². The Morgan fingerprint density at radius 2 is 2.06 bits per heavy atom. The van der Waals surface area contributed by atoms with Crippen molar-refractivity contribution in [3.63, 3.8) is 0 Å². The normalized spacial score (nSPS) is 10.8. The number of aromatic nitrogens is 4. The summed E-state index contributed by atoms with van der Waals surface area (Å²) in [5.41, 5.74) is 2.96. The van der Waals surface area contributed by atoms with Crippen molar-refractivity contribution < 1.29 is 0 Å². The highest BCUT2D eigenvalue weighted by Gasteiger charge is 2.12. The van der Waals surface area contributed by atoms with Crippen molar-refractivity contribution in [2.45, 2.75) is 26.7 Å². The average molecular weight is 263 g/mol. The summed E-state index contributed by atoms with van der Waals surface area (Å²) in [6.45, 7) is 4.94. The molecule has 0 unspecified atom stereocenters. The third-order valence-corrected chi connectivity index (χ3v) is 3.63. The van der Waals surface area contributed by atoms with Gasteiger partial charge in [0.2, 0.25) is 0 Å². The summed E-state index contributed by atoms with van der Waals surface area (Å²) in [6, 6.07) is 2.04. The molecule has 0 radical (unpaired) electrons. The summed E-state index contributed by atoms with van der Waals surface area (Å²) in [4.78, 5) is 0. The second-order valence-electron chi connectivity index (χ2n) is 4.05. The fourth-order valence-corrected chi connectivity index (χ4v) is 2.53. The van der Waals surface area contributed by atoms with Gasteiger partial charge < -0.3 is 5.32 Å². The molecule has 6 heteroatoms. The summed E-state index contributed by atoms with van der Waals surface area (Å²) in [7, 11) is 1.94. The Morgan fingerprint density at radius 3 is 2.78 bits per heavy atom. The molecular formula is C12H17N5S. The van der Waals surface area contributed by atoms with Gasteiger partial charge in [-0.25, -0.2) is 0 Å². The van der Waals surface area contributed by atoms with Crippen molar-refractivity contribution in [1.29, 1.82) is 0 Å². The minimum absolute atomic E-state index is 0.855. The van der Waals surface area contributed by atoms with Crippen molar-refractivity contribution in [1.82, 2.24) is 25.7 Å². The van der Waals surface area contributed by atoms with Crippen LogP contribution in [0.3, 0.4) is 0 Å². The van der Waals surface area contributed by atoms with Gasteiger partial charge in [-0.15, -0.1) is 10.2 Å². The largest absolute Gasteiger partial charge is 0.319 e. The molecule has 0 spiro atoms. The monoisotopic (exact) mass is 263 g/mol. The number of hydrogen-bond donors (Lipinski definition) is 1. The molecule has 18 heavy (non-hydrogen) atoms. The van der Waals surface area contributed by atoms with E-state index in [-0.39, 0.29) is 0 Å². The zero-order valence-electron chi connectivity index (χ0n) is 10.9. The fourth-order valence-electron chi connectivity index (χ4n) is 1.66. The molecule has 2 aromatic heterocycles. The molecule has 0 aliphatic rings. The van der Waals surface area contributed by atoms with Gasteiger partial charge in [-0.2, -0.15) is 10.2 Å². The Kier molecular flexibility index (Phi) is 4.33. The van der Waals surface area contributed by atoms with Crippen LogP contribution in [0.1, 0.15) is 23.3 Å². The van der Waals surface area contributed by atoms with Crippen molar-refractivity contribution >= 4 is 11.3 Å². The van der Waals surface area contributed by atoms with Crippen molar-refractivity contribution in [3.05, 3.63) is 22.5 Å². The third-order valence-electron chi connectivity index (χ3n) is 2.61. The summed E-state index contributed by atoms with van der Waals surface area (Å²) in [6.07, 6.45) is 1.77. The number of hydrogen-bond acceptors (Lipinski definition) is 6. The van der Waals surface area contributed by atoms with Crippen LogP contribution in [0.4, 0.5) is 0 Å². The van der Waals surface area contributed by atoms with Crippen LogP contribution in [0.2, 0.25) is 0 Å². The van der Waals surface area contributed by atoms with Crippen LogP contribution >= 0.6 is 11.3 Å². The van der Waals surface area contributed by atoms with Crippen LogP contribution in [0.5, 0.6) is 0 Å². The first-order chi connectivity index (χ1) is 8.74. The summed E-state index contributed by atoms with van der Waals surface area (Å²) in [5, 5.41) is 21.9. The number of nitrogens with zero attached hydrogens (tertiary/aromatic N) is 4. The lowest BCUT2D eigenvalue weighted by Gasteiger charge is -2.02. The van der Waals surface area contributed by atoms with Gasteiger partial charge in [0.05, 0.1) is 11.4 Å². The topological polar surface area (TPSA) is 63.6 Å². The number of nitrogens with one attached hydrogen (secondary N) is 1. The maximum atomic E-state index is 4.26. The third kappa shape index (κ3) is 2.88. The molecule has 0 saturated heterocycles. The molecule has 1 N–H and O–H groups in total. The molecule has 2 heterocycles. The lowest BCUT2D eigenvalue weighted by molar-refractivity contribution is 0.779. The lowest BCUT2D eigenvalue weighted by Crippen LogP contribution is -2.09. The fraction of sp³-hybridized carbons (Fsp3) is 0.500. The number of rotatable bonds is 5. The van der Waals surface area contributed by atoms with Gasteiger partial charge in [-0.1, -0.05) is 18.3 Å².